The molecule has 1 heterocycles. The van der Waals surface area contributed by atoms with Gasteiger partial charge in [0.2, 0.25) is 5.95 Å². The van der Waals surface area contributed by atoms with Gasteiger partial charge >= 0.3 is 5.97 Å². The Morgan fingerprint density at radius 2 is 2.23 bits per heavy atom. The molecule has 0 aliphatic rings. The van der Waals surface area contributed by atoms with Crippen molar-refractivity contribution in [2.75, 3.05) is 26.1 Å². The average molecular weight is 360 g/mol. The zero-order valence-corrected chi connectivity index (χ0v) is 15.3. The predicted octanol–water partition coefficient (Wildman–Crippen LogP) is 2.39. The second kappa shape index (κ2) is 9.45. The Bertz CT molecular complexity index is 771. The van der Waals surface area contributed by atoms with Gasteiger partial charge < -0.3 is 19.9 Å². The molecule has 26 heavy (non-hydrogen) atoms. The van der Waals surface area contributed by atoms with E-state index in [-0.39, 0.29) is 5.97 Å². The first-order valence-electron chi connectivity index (χ1n) is 8.36. The number of carbonyl (C=O) groups excluding carboxylic acids is 1. The van der Waals surface area contributed by atoms with Crippen LogP contribution in [0.15, 0.2) is 29.5 Å². The molecule has 0 saturated heterocycles. The highest BCUT2D eigenvalue weighted by molar-refractivity contribution is 5.85. The van der Waals surface area contributed by atoms with E-state index in [4.69, 9.17) is 19.9 Å². The molecule has 0 aliphatic heterocycles. The smallest absolute Gasteiger partial charge is 0.305 e. The Kier molecular flexibility index (Phi) is 7.02. The standard InChI is InChI=1S/C18H24N4O4/c1-4-25-16(23)9-6-10-26-17-14(7-5-8-15(17)24-3)11-20-22-12-13(2)21-18(22)19/h5,7-8,11-12H,4,6,9-10H2,1-3H3,(H2,19,21). The highest BCUT2D eigenvalue weighted by Gasteiger charge is 2.10. The summed E-state index contributed by atoms with van der Waals surface area (Å²) in [4.78, 5) is 15.5. The number of ether oxygens (including phenoxy) is 3. The maximum absolute atomic E-state index is 11.4. The number of carbonyl (C=O) groups is 1. The minimum atomic E-state index is -0.233. The van der Waals surface area contributed by atoms with Crippen molar-refractivity contribution in [3.8, 4) is 11.5 Å². The SMILES string of the molecule is CCOC(=O)CCCOc1c(C=Nn2cc(C)nc2N)cccc1OC. The largest absolute Gasteiger partial charge is 0.493 e. The number of aryl methyl sites for hydroxylation is 1. The van der Waals surface area contributed by atoms with E-state index >= 15 is 0 Å². The molecule has 0 fully saturated rings. The summed E-state index contributed by atoms with van der Waals surface area (Å²) in [5.74, 6) is 1.21. The Balaban J connectivity index is 2.09. The van der Waals surface area contributed by atoms with E-state index in [1.807, 2.05) is 19.1 Å². The summed E-state index contributed by atoms with van der Waals surface area (Å²) in [6.07, 6.45) is 4.20. The maximum Gasteiger partial charge on any atom is 0.305 e. The third-order valence-corrected chi connectivity index (χ3v) is 3.46. The van der Waals surface area contributed by atoms with Crippen molar-refractivity contribution in [3.63, 3.8) is 0 Å². The van der Waals surface area contributed by atoms with Crippen molar-refractivity contribution < 1.29 is 19.0 Å². The van der Waals surface area contributed by atoms with Gasteiger partial charge in [-0.25, -0.2) is 9.66 Å². The van der Waals surface area contributed by atoms with Crippen LogP contribution in [0.2, 0.25) is 0 Å². The monoisotopic (exact) mass is 360 g/mol. The lowest BCUT2D eigenvalue weighted by Gasteiger charge is -2.13. The van der Waals surface area contributed by atoms with E-state index in [2.05, 4.69) is 10.1 Å². The van der Waals surface area contributed by atoms with Crippen LogP contribution >= 0.6 is 0 Å². The summed E-state index contributed by atoms with van der Waals surface area (Å²) >= 11 is 0. The van der Waals surface area contributed by atoms with Gasteiger partial charge in [-0.05, 0) is 32.4 Å². The van der Waals surface area contributed by atoms with Crippen molar-refractivity contribution in [1.29, 1.82) is 0 Å². The number of rotatable bonds is 9. The van der Waals surface area contributed by atoms with Crippen LogP contribution in [-0.2, 0) is 9.53 Å². The first-order valence-corrected chi connectivity index (χ1v) is 8.36. The Morgan fingerprint density at radius 1 is 1.42 bits per heavy atom. The number of nitrogen functional groups attached to an aromatic ring is 1. The number of hydrogen-bond acceptors (Lipinski definition) is 7. The molecule has 2 rings (SSSR count). The van der Waals surface area contributed by atoms with Gasteiger partial charge in [0.05, 0.1) is 38.4 Å². The molecule has 2 N–H and O–H groups in total. The van der Waals surface area contributed by atoms with E-state index < -0.39 is 0 Å². The van der Waals surface area contributed by atoms with Crippen molar-refractivity contribution >= 4 is 18.1 Å². The summed E-state index contributed by atoms with van der Waals surface area (Å²) in [6.45, 7) is 4.35. The van der Waals surface area contributed by atoms with E-state index in [9.17, 15) is 4.79 Å². The number of nitrogens with two attached hydrogens (primary N) is 1. The minimum Gasteiger partial charge on any atom is -0.493 e. The second-order valence-electron chi connectivity index (χ2n) is 5.47. The van der Waals surface area contributed by atoms with Crippen LogP contribution in [0, 0.1) is 6.92 Å². The summed E-state index contributed by atoms with van der Waals surface area (Å²) in [6, 6.07) is 5.49. The molecular weight excluding hydrogens is 336 g/mol. The van der Waals surface area contributed by atoms with Crippen LogP contribution in [-0.4, -0.2) is 42.2 Å². The molecule has 0 amide bonds. The number of hydrogen-bond donors (Lipinski definition) is 1. The number of imidazole rings is 1. The Morgan fingerprint density at radius 3 is 2.88 bits per heavy atom. The fourth-order valence-corrected chi connectivity index (χ4v) is 2.29. The lowest BCUT2D eigenvalue weighted by atomic mass is 10.2. The molecule has 0 spiro atoms. The third-order valence-electron chi connectivity index (χ3n) is 3.46. The number of para-hydroxylation sites is 1. The minimum absolute atomic E-state index is 0.233. The average Bonchev–Trinajstić information content (AvgIpc) is 2.94. The topological polar surface area (TPSA) is 101 Å². The fourth-order valence-electron chi connectivity index (χ4n) is 2.29. The number of benzene rings is 1. The number of aromatic nitrogens is 2. The van der Waals surface area contributed by atoms with E-state index in [1.54, 1.807) is 32.5 Å². The molecule has 0 saturated carbocycles. The summed E-state index contributed by atoms with van der Waals surface area (Å²) < 4.78 is 17.6. The summed E-state index contributed by atoms with van der Waals surface area (Å²) in [5.41, 5.74) is 7.30. The first kappa shape index (κ1) is 19.3. The van der Waals surface area contributed by atoms with Crippen LogP contribution in [0.5, 0.6) is 11.5 Å². The van der Waals surface area contributed by atoms with Crippen molar-refractivity contribution in [2.45, 2.75) is 26.7 Å². The number of methoxy groups -OCH3 is 1. The van der Waals surface area contributed by atoms with E-state index in [1.165, 1.54) is 4.68 Å². The molecule has 8 nitrogen and oxygen atoms in total. The zero-order valence-electron chi connectivity index (χ0n) is 15.3. The fraction of sp³-hybridized carbons (Fsp3) is 0.389. The van der Waals surface area contributed by atoms with Crippen LogP contribution in [0.4, 0.5) is 5.95 Å². The second-order valence-corrected chi connectivity index (χ2v) is 5.47. The van der Waals surface area contributed by atoms with Crippen LogP contribution in [0.25, 0.3) is 0 Å². The molecule has 1 aromatic carbocycles. The molecule has 0 atom stereocenters. The van der Waals surface area contributed by atoms with Gasteiger partial charge in [0.25, 0.3) is 0 Å². The lowest BCUT2D eigenvalue weighted by Crippen LogP contribution is -2.08. The lowest BCUT2D eigenvalue weighted by molar-refractivity contribution is -0.143. The van der Waals surface area contributed by atoms with Crippen molar-refractivity contribution in [3.05, 3.63) is 35.7 Å². The highest BCUT2D eigenvalue weighted by Crippen LogP contribution is 2.30. The molecular formula is C18H24N4O4. The Labute approximate surface area is 152 Å². The molecule has 8 heteroatoms. The van der Waals surface area contributed by atoms with Gasteiger partial charge in [-0.15, -0.1) is 0 Å². The van der Waals surface area contributed by atoms with Gasteiger partial charge in [-0.3, -0.25) is 4.79 Å². The predicted molar refractivity (Wildman–Crippen MR) is 98.7 cm³/mol. The molecule has 0 aliphatic carbocycles. The summed E-state index contributed by atoms with van der Waals surface area (Å²) in [5, 5.41) is 4.31. The third kappa shape index (κ3) is 5.23. The molecule has 0 bridgehead atoms. The highest BCUT2D eigenvalue weighted by atomic mass is 16.5. The summed E-state index contributed by atoms with van der Waals surface area (Å²) in [7, 11) is 1.57. The van der Waals surface area contributed by atoms with Crippen LogP contribution in [0.1, 0.15) is 31.0 Å². The van der Waals surface area contributed by atoms with Crippen molar-refractivity contribution in [2.24, 2.45) is 5.10 Å². The van der Waals surface area contributed by atoms with Crippen LogP contribution < -0.4 is 15.2 Å². The molecule has 2 aromatic rings. The van der Waals surface area contributed by atoms with Crippen molar-refractivity contribution in [1.82, 2.24) is 9.66 Å². The maximum atomic E-state index is 11.4. The molecule has 1 aromatic heterocycles. The Hall–Kier alpha value is -3.03. The number of esters is 1. The van der Waals surface area contributed by atoms with Gasteiger partial charge in [-0.1, -0.05) is 6.07 Å². The quantitative estimate of drug-likeness (QED) is 0.419. The molecule has 140 valence electrons. The molecule has 0 unspecified atom stereocenters. The number of nitrogens with zero attached hydrogens (tertiary/aromatic N) is 3. The van der Waals surface area contributed by atoms with Gasteiger partial charge in [0, 0.05) is 12.0 Å². The first-order chi connectivity index (χ1) is 12.5. The van der Waals surface area contributed by atoms with E-state index in [0.29, 0.717) is 43.5 Å². The van der Waals surface area contributed by atoms with Gasteiger partial charge in [0.1, 0.15) is 0 Å². The number of anilines is 1. The van der Waals surface area contributed by atoms with Gasteiger partial charge in [0.15, 0.2) is 11.5 Å². The normalized spacial score (nSPS) is 10.9. The van der Waals surface area contributed by atoms with Crippen LogP contribution in [0.3, 0.4) is 0 Å². The zero-order chi connectivity index (χ0) is 18.9. The molecule has 0 radical (unpaired) electrons. The van der Waals surface area contributed by atoms with E-state index in [0.717, 1.165) is 11.3 Å². The van der Waals surface area contributed by atoms with Gasteiger partial charge in [-0.2, -0.15) is 5.10 Å².